The van der Waals surface area contributed by atoms with Crippen LogP contribution in [0.2, 0.25) is 5.02 Å². The molecule has 3 nitrogen and oxygen atoms in total. The number of hydrogen-bond acceptors (Lipinski definition) is 3. The van der Waals surface area contributed by atoms with Crippen molar-refractivity contribution in [3.63, 3.8) is 0 Å². The SMILES string of the molecule is CCCC1NCCc2c1c1cc(Sc3cc(Cl)ccn3)ccc1n2C. The number of nitrogens with zero attached hydrogens (tertiary/aromatic N) is 2. The van der Waals surface area contributed by atoms with Crippen molar-refractivity contribution in [1.29, 1.82) is 0 Å². The first-order valence-corrected chi connectivity index (χ1v) is 10.0. The van der Waals surface area contributed by atoms with Crippen LogP contribution >= 0.6 is 23.4 Å². The minimum atomic E-state index is 0.460. The van der Waals surface area contributed by atoms with E-state index in [1.54, 1.807) is 18.0 Å². The van der Waals surface area contributed by atoms with Gasteiger partial charge in [0.25, 0.3) is 0 Å². The number of aryl methyl sites for hydroxylation is 1. The molecule has 0 amide bonds. The fraction of sp³-hybridized carbons (Fsp3) is 0.350. The molecule has 0 saturated heterocycles. The maximum Gasteiger partial charge on any atom is 0.102 e. The zero-order valence-electron chi connectivity index (χ0n) is 14.6. The molecule has 1 unspecified atom stereocenters. The Morgan fingerprint density at radius 3 is 3.00 bits per heavy atom. The van der Waals surface area contributed by atoms with Crippen LogP contribution in [0, 0.1) is 0 Å². The first-order valence-electron chi connectivity index (χ1n) is 8.81. The van der Waals surface area contributed by atoms with Gasteiger partial charge in [-0.05, 0) is 42.3 Å². The van der Waals surface area contributed by atoms with Crippen molar-refractivity contribution >= 4 is 34.3 Å². The first kappa shape index (κ1) is 17.0. The molecule has 3 aromatic rings. The molecule has 0 bridgehead atoms. The van der Waals surface area contributed by atoms with E-state index in [2.05, 4.69) is 47.0 Å². The monoisotopic (exact) mass is 371 g/mol. The normalized spacial score (nSPS) is 17.0. The van der Waals surface area contributed by atoms with Gasteiger partial charge in [-0.25, -0.2) is 4.98 Å². The van der Waals surface area contributed by atoms with Crippen LogP contribution < -0.4 is 5.32 Å². The summed E-state index contributed by atoms with van der Waals surface area (Å²) >= 11 is 7.76. The first-order chi connectivity index (χ1) is 12.2. The summed E-state index contributed by atoms with van der Waals surface area (Å²) in [6, 6.07) is 10.9. The van der Waals surface area contributed by atoms with Crippen LogP contribution in [-0.4, -0.2) is 16.1 Å². The van der Waals surface area contributed by atoms with E-state index in [0.29, 0.717) is 6.04 Å². The fourth-order valence-corrected chi connectivity index (χ4v) is 4.90. The second-order valence-electron chi connectivity index (χ2n) is 6.56. The van der Waals surface area contributed by atoms with Gasteiger partial charge in [0.1, 0.15) is 5.03 Å². The summed E-state index contributed by atoms with van der Waals surface area (Å²) in [4.78, 5) is 5.62. The molecule has 2 aromatic heterocycles. The van der Waals surface area contributed by atoms with Crippen LogP contribution in [-0.2, 0) is 13.5 Å². The lowest BCUT2D eigenvalue weighted by molar-refractivity contribution is 0.466. The summed E-state index contributed by atoms with van der Waals surface area (Å²) in [5, 5.41) is 6.73. The summed E-state index contributed by atoms with van der Waals surface area (Å²) in [5.74, 6) is 0. The molecule has 1 aromatic carbocycles. The molecule has 0 aliphatic carbocycles. The average Bonchev–Trinajstić information content (AvgIpc) is 2.89. The molecule has 0 spiro atoms. The number of halogens is 1. The fourth-order valence-electron chi connectivity index (χ4n) is 3.82. The Morgan fingerprint density at radius 2 is 2.20 bits per heavy atom. The number of rotatable bonds is 4. The van der Waals surface area contributed by atoms with Gasteiger partial charge in [-0.1, -0.05) is 36.7 Å². The number of aromatic nitrogens is 2. The third-order valence-electron chi connectivity index (χ3n) is 4.93. The molecule has 4 rings (SSSR count). The van der Waals surface area contributed by atoms with Crippen LogP contribution in [0.1, 0.15) is 37.1 Å². The molecular formula is C20H22ClN3S. The van der Waals surface area contributed by atoms with Gasteiger partial charge in [0.05, 0.1) is 0 Å². The van der Waals surface area contributed by atoms with Crippen LogP contribution in [0.25, 0.3) is 10.9 Å². The van der Waals surface area contributed by atoms with Gasteiger partial charge in [-0.2, -0.15) is 0 Å². The van der Waals surface area contributed by atoms with Gasteiger partial charge < -0.3 is 9.88 Å². The Hall–Kier alpha value is -1.49. The van der Waals surface area contributed by atoms with Crippen LogP contribution in [0.5, 0.6) is 0 Å². The van der Waals surface area contributed by atoms with Gasteiger partial charge in [-0.3, -0.25) is 0 Å². The Bertz CT molecular complexity index is 919. The molecule has 0 fully saturated rings. The zero-order chi connectivity index (χ0) is 17.4. The Kier molecular flexibility index (Phi) is 4.76. The zero-order valence-corrected chi connectivity index (χ0v) is 16.1. The summed E-state index contributed by atoms with van der Waals surface area (Å²) in [6.07, 6.45) is 5.22. The van der Waals surface area contributed by atoms with Gasteiger partial charge >= 0.3 is 0 Å². The van der Waals surface area contributed by atoms with Crippen molar-refractivity contribution in [1.82, 2.24) is 14.9 Å². The van der Waals surface area contributed by atoms with E-state index in [4.69, 9.17) is 11.6 Å². The third-order valence-corrected chi connectivity index (χ3v) is 6.09. The topological polar surface area (TPSA) is 29.9 Å². The van der Waals surface area contributed by atoms with Gasteiger partial charge in [-0.15, -0.1) is 0 Å². The number of nitrogens with one attached hydrogen (secondary N) is 1. The molecule has 0 saturated carbocycles. The quantitative estimate of drug-likeness (QED) is 0.669. The lowest BCUT2D eigenvalue weighted by atomic mass is 9.94. The van der Waals surface area contributed by atoms with Crippen molar-refractivity contribution in [2.24, 2.45) is 7.05 Å². The number of benzene rings is 1. The molecule has 3 heterocycles. The van der Waals surface area contributed by atoms with Crippen molar-refractivity contribution in [3.8, 4) is 0 Å². The van der Waals surface area contributed by atoms with E-state index in [0.717, 1.165) is 23.0 Å². The highest BCUT2D eigenvalue weighted by Crippen LogP contribution is 2.38. The van der Waals surface area contributed by atoms with Gasteiger partial charge in [0.2, 0.25) is 0 Å². The van der Waals surface area contributed by atoms with Crippen LogP contribution in [0.3, 0.4) is 0 Å². The average molecular weight is 372 g/mol. The van der Waals surface area contributed by atoms with E-state index >= 15 is 0 Å². The Morgan fingerprint density at radius 1 is 1.32 bits per heavy atom. The van der Waals surface area contributed by atoms with Crippen molar-refractivity contribution < 1.29 is 0 Å². The molecule has 1 aliphatic rings. The van der Waals surface area contributed by atoms with Crippen LogP contribution in [0.15, 0.2) is 46.5 Å². The highest BCUT2D eigenvalue weighted by atomic mass is 35.5. The highest BCUT2D eigenvalue weighted by Gasteiger charge is 2.25. The van der Waals surface area contributed by atoms with Crippen molar-refractivity contribution in [2.45, 2.75) is 42.1 Å². The Balaban J connectivity index is 1.78. The minimum absolute atomic E-state index is 0.460. The molecule has 1 N–H and O–H groups in total. The summed E-state index contributed by atoms with van der Waals surface area (Å²) < 4.78 is 2.38. The molecule has 5 heteroatoms. The van der Waals surface area contributed by atoms with E-state index in [-0.39, 0.29) is 0 Å². The van der Waals surface area contributed by atoms with E-state index in [1.165, 1.54) is 39.9 Å². The van der Waals surface area contributed by atoms with Crippen LogP contribution in [0.4, 0.5) is 0 Å². The largest absolute Gasteiger partial charge is 0.347 e. The summed E-state index contributed by atoms with van der Waals surface area (Å²) in [7, 11) is 2.20. The summed E-state index contributed by atoms with van der Waals surface area (Å²) in [5.41, 5.74) is 4.29. The van der Waals surface area contributed by atoms with Gasteiger partial charge in [0.15, 0.2) is 0 Å². The molecule has 0 radical (unpaired) electrons. The Labute approximate surface area is 157 Å². The number of pyridine rings is 1. The molecule has 1 atom stereocenters. The minimum Gasteiger partial charge on any atom is -0.347 e. The lowest BCUT2D eigenvalue weighted by Gasteiger charge is -2.25. The molecule has 1 aliphatic heterocycles. The highest BCUT2D eigenvalue weighted by molar-refractivity contribution is 7.99. The third kappa shape index (κ3) is 3.19. The van der Waals surface area contributed by atoms with E-state index < -0.39 is 0 Å². The second-order valence-corrected chi connectivity index (χ2v) is 8.09. The predicted molar refractivity (Wildman–Crippen MR) is 106 cm³/mol. The van der Waals surface area contributed by atoms with Crippen molar-refractivity contribution in [2.75, 3.05) is 6.54 Å². The molecule has 130 valence electrons. The maximum atomic E-state index is 6.09. The molecule has 25 heavy (non-hydrogen) atoms. The second kappa shape index (κ2) is 7.02. The van der Waals surface area contributed by atoms with Gasteiger partial charge in [0, 0.05) is 58.8 Å². The number of hydrogen-bond donors (Lipinski definition) is 1. The van der Waals surface area contributed by atoms with Crippen molar-refractivity contribution in [3.05, 3.63) is 52.8 Å². The smallest absolute Gasteiger partial charge is 0.102 e. The van der Waals surface area contributed by atoms with E-state index in [1.807, 2.05) is 12.1 Å². The lowest BCUT2D eigenvalue weighted by Crippen LogP contribution is -2.30. The predicted octanol–water partition coefficient (Wildman–Crippen LogP) is 5.36. The maximum absolute atomic E-state index is 6.09. The van der Waals surface area contributed by atoms with E-state index in [9.17, 15) is 0 Å². The summed E-state index contributed by atoms with van der Waals surface area (Å²) in [6.45, 7) is 3.32. The number of fused-ring (bicyclic) bond motifs is 3. The molecular weight excluding hydrogens is 350 g/mol. The standard InChI is InChI=1S/C20H22ClN3S/c1-3-4-16-20-15-12-14(25-19-11-13(21)7-9-23-19)5-6-17(15)24(2)18(20)8-10-22-16/h5-7,9,11-12,16,22H,3-4,8,10H2,1-2H3.